The number of nitrogens with one attached hydrogen (secondary N) is 5. The number of carboxylic acid groups (broad SMARTS) is 2. The van der Waals surface area contributed by atoms with Crippen LogP contribution in [0.5, 0.6) is 5.75 Å². The third-order valence-electron chi connectivity index (χ3n) is 7.79. The molecule has 0 unspecified atom stereocenters. The summed E-state index contributed by atoms with van der Waals surface area (Å²) in [7, 11) is 0. The lowest BCUT2D eigenvalue weighted by atomic mass is 10.0. The summed E-state index contributed by atoms with van der Waals surface area (Å²) in [6.45, 7) is 2.42. The SMILES string of the molecule is C[C@H](NC(=O)[C@H](Cc1ccc(O)cc1)NC(=O)[C@H](Cc1ccccc1)NC(=O)[C@H](CCC(=O)O)NC(=O)[C@H](CC(N)=O)NC(=O)[C@@H](N)[C@@H](C)O)C(=O)O. The number of primary amides is 1. The van der Waals surface area contributed by atoms with Gasteiger partial charge in [-0.1, -0.05) is 42.5 Å². The lowest BCUT2D eigenvalue weighted by Crippen LogP contribution is -2.60. The van der Waals surface area contributed by atoms with E-state index in [2.05, 4.69) is 26.6 Å². The smallest absolute Gasteiger partial charge is 0.325 e. The number of phenolic OH excluding ortho intramolecular Hbond substituents is 1. The second-order valence-electron chi connectivity index (χ2n) is 12.2. The maximum Gasteiger partial charge on any atom is 0.325 e. The van der Waals surface area contributed by atoms with E-state index in [1.54, 1.807) is 30.3 Å². The fourth-order valence-corrected chi connectivity index (χ4v) is 4.76. The molecule has 7 atom stereocenters. The van der Waals surface area contributed by atoms with Crippen molar-refractivity contribution in [2.45, 2.75) is 88.3 Å². The fraction of sp³-hybridized carbons (Fsp3) is 0.412. The van der Waals surface area contributed by atoms with Crippen molar-refractivity contribution in [2.75, 3.05) is 0 Å². The molecule has 2 rings (SSSR count). The van der Waals surface area contributed by atoms with E-state index < -0.39 is 109 Å². The van der Waals surface area contributed by atoms with Crippen LogP contribution in [0.2, 0.25) is 0 Å². The minimum absolute atomic E-state index is 0.0693. The highest BCUT2D eigenvalue weighted by Crippen LogP contribution is 2.13. The van der Waals surface area contributed by atoms with Crippen LogP contribution in [0.1, 0.15) is 44.2 Å². The van der Waals surface area contributed by atoms with Crippen molar-refractivity contribution in [2.24, 2.45) is 11.5 Å². The van der Waals surface area contributed by atoms with Crippen molar-refractivity contribution in [3.63, 3.8) is 0 Å². The normalized spacial score (nSPS) is 14.8. The number of phenols is 1. The highest BCUT2D eigenvalue weighted by molar-refractivity contribution is 5.97. The summed E-state index contributed by atoms with van der Waals surface area (Å²) in [6, 6.07) is 4.89. The van der Waals surface area contributed by atoms with Gasteiger partial charge in [-0.15, -0.1) is 0 Å². The van der Waals surface area contributed by atoms with Crippen LogP contribution in [0.3, 0.4) is 0 Å². The van der Waals surface area contributed by atoms with Crippen LogP contribution in [0, 0.1) is 0 Å². The number of aliphatic hydroxyl groups excluding tert-OH is 1. The monoisotopic (exact) mass is 743 g/mol. The summed E-state index contributed by atoms with van der Waals surface area (Å²) in [5, 5.41) is 49.7. The van der Waals surface area contributed by atoms with Crippen molar-refractivity contribution in [1.82, 2.24) is 26.6 Å². The highest BCUT2D eigenvalue weighted by Gasteiger charge is 2.34. The minimum atomic E-state index is -1.69. The topological polar surface area (TPSA) is 330 Å². The number of carbonyl (C=O) groups excluding carboxylic acids is 6. The van der Waals surface area contributed by atoms with Crippen LogP contribution < -0.4 is 38.1 Å². The maximum atomic E-state index is 13.9. The first-order chi connectivity index (χ1) is 24.9. The van der Waals surface area contributed by atoms with Crippen LogP contribution in [0.4, 0.5) is 0 Å². The summed E-state index contributed by atoms with van der Waals surface area (Å²) in [5.74, 6) is -8.82. The van der Waals surface area contributed by atoms with E-state index in [1.165, 1.54) is 38.1 Å². The molecule has 2 aromatic rings. The minimum Gasteiger partial charge on any atom is -0.508 e. The van der Waals surface area contributed by atoms with Crippen LogP contribution >= 0.6 is 0 Å². The van der Waals surface area contributed by atoms with Gasteiger partial charge in [0.15, 0.2) is 0 Å². The summed E-state index contributed by atoms with van der Waals surface area (Å²) in [5.41, 5.74) is 11.9. The van der Waals surface area contributed by atoms with Crippen molar-refractivity contribution in [3.05, 3.63) is 65.7 Å². The van der Waals surface area contributed by atoms with Crippen molar-refractivity contribution in [1.29, 1.82) is 0 Å². The van der Waals surface area contributed by atoms with Gasteiger partial charge in [0, 0.05) is 19.3 Å². The van der Waals surface area contributed by atoms with Gasteiger partial charge in [-0.25, -0.2) is 0 Å². The Morgan fingerprint density at radius 2 is 1.09 bits per heavy atom. The largest absolute Gasteiger partial charge is 0.508 e. The number of aliphatic carboxylic acids is 2. The van der Waals surface area contributed by atoms with E-state index in [4.69, 9.17) is 11.5 Å². The Hall–Kier alpha value is -6.08. The maximum absolute atomic E-state index is 13.9. The number of hydrogen-bond donors (Lipinski definition) is 11. The number of carboxylic acids is 2. The molecule has 0 saturated heterocycles. The van der Waals surface area contributed by atoms with Gasteiger partial charge in [-0.3, -0.25) is 38.4 Å². The quantitative estimate of drug-likeness (QED) is 0.0614. The first kappa shape index (κ1) is 43.1. The van der Waals surface area contributed by atoms with E-state index in [-0.39, 0.29) is 18.6 Å². The zero-order valence-electron chi connectivity index (χ0n) is 29.0. The summed E-state index contributed by atoms with van der Waals surface area (Å²) >= 11 is 0. The Morgan fingerprint density at radius 1 is 0.642 bits per heavy atom. The molecule has 0 heterocycles. The third kappa shape index (κ3) is 15.0. The van der Waals surface area contributed by atoms with Gasteiger partial charge in [0.1, 0.15) is 42.0 Å². The molecular weight excluding hydrogens is 698 g/mol. The number of amides is 6. The van der Waals surface area contributed by atoms with Crippen LogP contribution in [0.25, 0.3) is 0 Å². The predicted octanol–water partition coefficient (Wildman–Crippen LogP) is -2.85. The standard InChI is InChI=1S/C34H45N7O12/c1-17(34(52)53)37-30(48)23(15-20-8-10-21(43)11-9-20)40-31(49)24(14-19-6-4-3-5-7-19)39-29(47)22(12-13-27(45)46)38-32(50)25(16-26(35)44)41-33(51)28(36)18(2)42/h3-11,17-18,22-25,28,42-43H,12-16,36H2,1-2H3,(H2,35,44)(H,37,48)(H,38,50)(H,39,47)(H,40,49)(H,41,51)(H,45,46)(H,52,53)/t17-,18+,22-,23-,24-,25-,28-/m0/s1. The van der Waals surface area contributed by atoms with Gasteiger partial charge in [0.25, 0.3) is 0 Å². The Bertz CT molecular complexity index is 1620. The molecule has 0 bridgehead atoms. The molecule has 0 spiro atoms. The molecule has 13 N–H and O–H groups in total. The molecule has 0 fully saturated rings. The molecule has 0 aliphatic rings. The molecule has 0 aliphatic carbocycles. The van der Waals surface area contributed by atoms with Crippen molar-refractivity contribution < 1.29 is 58.8 Å². The van der Waals surface area contributed by atoms with Gasteiger partial charge in [0.2, 0.25) is 35.4 Å². The Morgan fingerprint density at radius 3 is 1.58 bits per heavy atom. The van der Waals surface area contributed by atoms with E-state index in [1.807, 2.05) is 0 Å². The molecular formula is C34H45N7O12. The van der Waals surface area contributed by atoms with E-state index in [0.29, 0.717) is 11.1 Å². The molecule has 0 radical (unpaired) electrons. The number of aliphatic hydroxyl groups is 1. The van der Waals surface area contributed by atoms with Gasteiger partial charge in [0.05, 0.1) is 12.5 Å². The van der Waals surface area contributed by atoms with Gasteiger partial charge in [-0.2, -0.15) is 0 Å². The Labute approximate surface area is 303 Å². The number of rotatable bonds is 21. The molecule has 288 valence electrons. The Kier molecular flexibility index (Phi) is 16.8. The number of aromatic hydroxyl groups is 1. The first-order valence-electron chi connectivity index (χ1n) is 16.4. The van der Waals surface area contributed by atoms with E-state index in [0.717, 1.165) is 0 Å². The molecule has 6 amide bonds. The van der Waals surface area contributed by atoms with Gasteiger partial charge >= 0.3 is 11.9 Å². The average molecular weight is 744 g/mol. The molecule has 19 nitrogen and oxygen atoms in total. The molecule has 53 heavy (non-hydrogen) atoms. The van der Waals surface area contributed by atoms with E-state index >= 15 is 0 Å². The summed E-state index contributed by atoms with van der Waals surface area (Å²) in [6.07, 6.45) is -3.61. The number of hydrogen-bond acceptors (Lipinski definition) is 11. The lowest BCUT2D eigenvalue weighted by Gasteiger charge is -2.27. The van der Waals surface area contributed by atoms with Crippen LogP contribution in [0.15, 0.2) is 54.6 Å². The van der Waals surface area contributed by atoms with Crippen molar-refractivity contribution in [3.8, 4) is 5.75 Å². The zero-order chi connectivity index (χ0) is 39.8. The Balaban J connectivity index is 2.43. The molecule has 0 saturated carbocycles. The zero-order valence-corrected chi connectivity index (χ0v) is 29.0. The molecule has 2 aromatic carbocycles. The third-order valence-corrected chi connectivity index (χ3v) is 7.79. The second kappa shape index (κ2) is 20.7. The average Bonchev–Trinajstić information content (AvgIpc) is 3.09. The first-order valence-corrected chi connectivity index (χ1v) is 16.4. The number of nitrogens with two attached hydrogens (primary N) is 2. The molecule has 19 heteroatoms. The summed E-state index contributed by atoms with van der Waals surface area (Å²) in [4.78, 5) is 101. The fourth-order valence-electron chi connectivity index (χ4n) is 4.76. The van der Waals surface area contributed by atoms with Crippen LogP contribution in [-0.2, 0) is 51.2 Å². The van der Waals surface area contributed by atoms with Crippen LogP contribution in [-0.4, -0.2) is 110 Å². The van der Waals surface area contributed by atoms with E-state index in [9.17, 15) is 58.8 Å². The molecule has 0 aromatic heterocycles. The lowest BCUT2D eigenvalue weighted by molar-refractivity contribution is -0.142. The molecule has 0 aliphatic heterocycles. The van der Waals surface area contributed by atoms with Gasteiger partial charge < -0.3 is 58.5 Å². The predicted molar refractivity (Wildman–Crippen MR) is 185 cm³/mol. The van der Waals surface area contributed by atoms with Gasteiger partial charge in [-0.05, 0) is 43.5 Å². The highest BCUT2D eigenvalue weighted by atomic mass is 16.4. The summed E-state index contributed by atoms with van der Waals surface area (Å²) < 4.78 is 0. The van der Waals surface area contributed by atoms with Crippen molar-refractivity contribution >= 4 is 47.4 Å². The second-order valence-corrected chi connectivity index (χ2v) is 12.2. The number of carbonyl (C=O) groups is 8. The number of benzene rings is 2.